The van der Waals surface area contributed by atoms with Gasteiger partial charge in [-0.15, -0.1) is 0 Å². The van der Waals surface area contributed by atoms with Gasteiger partial charge in [-0.2, -0.15) is 13.9 Å². The largest absolute Gasteiger partial charge is 0.390 e. The van der Waals surface area contributed by atoms with E-state index in [9.17, 15) is 22.3 Å². The zero-order chi connectivity index (χ0) is 27.8. The van der Waals surface area contributed by atoms with Gasteiger partial charge in [-0.1, -0.05) is 0 Å². The van der Waals surface area contributed by atoms with Crippen LogP contribution in [0.15, 0.2) is 55.2 Å². The summed E-state index contributed by atoms with van der Waals surface area (Å²) in [6, 6.07) is 6.58. The van der Waals surface area contributed by atoms with Crippen molar-refractivity contribution in [1.29, 1.82) is 0 Å². The molecule has 0 bridgehead atoms. The molecule has 39 heavy (non-hydrogen) atoms. The van der Waals surface area contributed by atoms with Crippen LogP contribution < -0.4 is 10.6 Å². The Labute approximate surface area is 224 Å². The monoisotopic (exact) mass is 558 g/mol. The number of halogens is 2. The van der Waals surface area contributed by atoms with Crippen molar-refractivity contribution in [2.24, 2.45) is 0 Å². The second kappa shape index (κ2) is 10.3. The molecule has 14 heteroatoms. The zero-order valence-corrected chi connectivity index (χ0v) is 22.1. The number of aliphatic hydroxyl groups is 1. The van der Waals surface area contributed by atoms with Gasteiger partial charge in [-0.25, -0.2) is 28.1 Å². The molecule has 4 aromatic heterocycles. The zero-order valence-electron chi connectivity index (χ0n) is 21.3. The van der Waals surface area contributed by atoms with E-state index in [1.54, 1.807) is 30.6 Å². The van der Waals surface area contributed by atoms with Crippen molar-refractivity contribution in [2.75, 3.05) is 16.9 Å². The van der Waals surface area contributed by atoms with E-state index in [4.69, 9.17) is 0 Å². The van der Waals surface area contributed by atoms with Gasteiger partial charge in [0, 0.05) is 59.9 Å². The Bertz CT molecular complexity index is 1580. The second-order valence-corrected chi connectivity index (χ2v) is 11.8. The van der Waals surface area contributed by atoms with Crippen LogP contribution in [0, 0.1) is 0 Å². The smallest absolute Gasteiger partial charge is 0.333 e. The van der Waals surface area contributed by atoms with Gasteiger partial charge in [0.2, 0.25) is 10.0 Å². The minimum absolute atomic E-state index is 0.0703. The minimum Gasteiger partial charge on any atom is -0.390 e. The Morgan fingerprint density at radius 1 is 1.13 bits per heavy atom. The van der Waals surface area contributed by atoms with Crippen LogP contribution in [0.3, 0.4) is 0 Å². The first-order valence-electron chi connectivity index (χ1n) is 12.3. The average Bonchev–Trinajstić information content (AvgIpc) is 3.57. The number of hydrogen-bond donors (Lipinski definition) is 3. The lowest BCUT2D eigenvalue weighted by molar-refractivity contribution is 0.0196. The summed E-state index contributed by atoms with van der Waals surface area (Å²) in [7, 11) is -3.44. The predicted molar refractivity (Wildman–Crippen MR) is 142 cm³/mol. The van der Waals surface area contributed by atoms with Gasteiger partial charge in [0.1, 0.15) is 11.6 Å². The summed E-state index contributed by atoms with van der Waals surface area (Å²) in [4.78, 5) is 13.2. The molecule has 0 spiro atoms. The molecule has 1 aliphatic carbocycles. The van der Waals surface area contributed by atoms with Crippen LogP contribution in [-0.2, 0) is 10.0 Å². The first-order chi connectivity index (χ1) is 18.5. The third kappa shape index (κ3) is 6.23. The van der Waals surface area contributed by atoms with Gasteiger partial charge in [-0.3, -0.25) is 3.97 Å². The Kier molecular flexibility index (Phi) is 7.07. The average molecular weight is 559 g/mol. The summed E-state index contributed by atoms with van der Waals surface area (Å²) >= 11 is 0. The standard InChI is InChI=1S/C25H28F2N8O3S/c1-25(36)8-3-17(4-9-25)30-20-13-22(29-14-18(20)19-7-12-35(33-19)24(26)27)31-21-5-10-28-23(32-21)16-6-11-34(15-16)39(2,37)38/h5-7,10-15,17,24,36H,3-4,8-9H2,1-2H3,(H2,28,29,30,31,32). The maximum atomic E-state index is 13.2. The highest BCUT2D eigenvalue weighted by atomic mass is 32.2. The summed E-state index contributed by atoms with van der Waals surface area (Å²) in [5, 5.41) is 20.9. The Balaban J connectivity index is 1.42. The number of alkyl halides is 2. The van der Waals surface area contributed by atoms with Crippen molar-refractivity contribution < 1.29 is 22.3 Å². The quantitative estimate of drug-likeness (QED) is 0.289. The summed E-state index contributed by atoms with van der Waals surface area (Å²) in [5.41, 5.74) is 1.38. The van der Waals surface area contributed by atoms with E-state index in [0.717, 1.165) is 23.1 Å². The number of hydrogen-bond acceptors (Lipinski definition) is 9. The lowest BCUT2D eigenvalue weighted by Crippen LogP contribution is -2.35. The molecule has 0 radical (unpaired) electrons. The van der Waals surface area contributed by atoms with Crippen LogP contribution in [0.2, 0.25) is 0 Å². The number of anilines is 3. The second-order valence-electron chi connectivity index (χ2n) is 9.87. The Morgan fingerprint density at radius 3 is 2.56 bits per heavy atom. The van der Waals surface area contributed by atoms with E-state index in [-0.39, 0.29) is 6.04 Å². The van der Waals surface area contributed by atoms with Gasteiger partial charge < -0.3 is 15.7 Å². The molecule has 0 aliphatic heterocycles. The lowest BCUT2D eigenvalue weighted by atomic mass is 9.83. The molecule has 0 atom stereocenters. The van der Waals surface area contributed by atoms with Crippen molar-refractivity contribution in [3.8, 4) is 22.6 Å². The van der Waals surface area contributed by atoms with Crippen LogP contribution in [0.25, 0.3) is 22.6 Å². The van der Waals surface area contributed by atoms with E-state index >= 15 is 0 Å². The van der Waals surface area contributed by atoms with Crippen molar-refractivity contribution in [3.63, 3.8) is 0 Å². The molecule has 1 saturated carbocycles. The molecule has 0 unspecified atom stereocenters. The predicted octanol–water partition coefficient (Wildman–Crippen LogP) is 4.26. The fourth-order valence-electron chi connectivity index (χ4n) is 4.46. The van der Waals surface area contributed by atoms with Crippen LogP contribution >= 0.6 is 0 Å². The van der Waals surface area contributed by atoms with Crippen molar-refractivity contribution in [1.82, 2.24) is 28.7 Å². The summed E-state index contributed by atoms with van der Waals surface area (Å²) < 4.78 is 51.6. The highest BCUT2D eigenvalue weighted by Gasteiger charge is 2.29. The van der Waals surface area contributed by atoms with Crippen molar-refractivity contribution >= 4 is 27.3 Å². The highest BCUT2D eigenvalue weighted by molar-refractivity contribution is 7.89. The molecule has 4 aromatic rings. The number of nitrogens with zero attached hydrogens (tertiary/aromatic N) is 6. The maximum Gasteiger partial charge on any atom is 0.333 e. The highest BCUT2D eigenvalue weighted by Crippen LogP contribution is 2.34. The van der Waals surface area contributed by atoms with Crippen LogP contribution in [0.1, 0.15) is 39.2 Å². The molecule has 3 N–H and O–H groups in total. The molecule has 0 aromatic carbocycles. The normalized spacial score (nSPS) is 19.8. The third-order valence-corrected chi connectivity index (χ3v) is 7.62. The molecule has 0 amide bonds. The van der Waals surface area contributed by atoms with Crippen LogP contribution in [0.4, 0.5) is 26.1 Å². The molecule has 11 nitrogen and oxygen atoms in total. The molecule has 0 saturated heterocycles. The Morgan fingerprint density at radius 2 is 1.90 bits per heavy atom. The van der Waals surface area contributed by atoms with E-state index in [1.165, 1.54) is 24.7 Å². The number of pyridine rings is 1. The van der Waals surface area contributed by atoms with Crippen molar-refractivity contribution in [2.45, 2.75) is 50.8 Å². The molecular weight excluding hydrogens is 530 g/mol. The summed E-state index contributed by atoms with van der Waals surface area (Å²) in [6.07, 6.45) is 11.0. The van der Waals surface area contributed by atoms with Gasteiger partial charge in [0.05, 0.1) is 17.6 Å². The van der Waals surface area contributed by atoms with Gasteiger partial charge in [0.15, 0.2) is 5.82 Å². The molecular formula is C25H28F2N8O3S. The fraction of sp³-hybridized carbons (Fsp3) is 0.360. The van der Waals surface area contributed by atoms with Crippen LogP contribution in [-0.4, -0.2) is 60.1 Å². The van der Waals surface area contributed by atoms with E-state index in [0.29, 0.717) is 57.5 Å². The first kappa shape index (κ1) is 26.7. The maximum absolute atomic E-state index is 13.2. The third-order valence-electron chi connectivity index (χ3n) is 6.63. The number of nitrogens with one attached hydrogen (secondary N) is 2. The molecule has 4 heterocycles. The summed E-state index contributed by atoms with van der Waals surface area (Å²) in [6.45, 7) is -0.933. The molecule has 5 rings (SSSR count). The van der Waals surface area contributed by atoms with E-state index in [2.05, 4.69) is 30.7 Å². The van der Waals surface area contributed by atoms with E-state index < -0.39 is 22.2 Å². The lowest BCUT2D eigenvalue weighted by Gasteiger charge is -2.34. The van der Waals surface area contributed by atoms with Crippen molar-refractivity contribution in [3.05, 3.63) is 55.2 Å². The van der Waals surface area contributed by atoms with E-state index in [1.807, 2.05) is 6.92 Å². The first-order valence-corrected chi connectivity index (χ1v) is 14.1. The van der Waals surface area contributed by atoms with Gasteiger partial charge >= 0.3 is 6.55 Å². The molecule has 1 fully saturated rings. The number of rotatable bonds is 8. The van der Waals surface area contributed by atoms with Crippen LogP contribution in [0.5, 0.6) is 0 Å². The number of aromatic nitrogens is 6. The molecule has 206 valence electrons. The Hall–Kier alpha value is -3.91. The SMILES string of the molecule is CC1(O)CCC(Nc2cc(Nc3ccnc(-c4ccn(S(C)(=O)=O)c4)n3)ncc2-c2ccn(C(F)F)n2)CC1. The topological polar surface area (TPSA) is 140 Å². The summed E-state index contributed by atoms with van der Waals surface area (Å²) in [5.74, 6) is 1.19. The van der Waals surface area contributed by atoms with Gasteiger partial charge in [-0.05, 0) is 50.8 Å². The molecule has 1 aliphatic rings. The minimum atomic E-state index is -3.44. The fourth-order valence-corrected chi connectivity index (χ4v) is 5.04. The van der Waals surface area contributed by atoms with Gasteiger partial charge in [0.25, 0.3) is 0 Å².